The average Bonchev–Trinajstić information content (AvgIpc) is 2.40. The maximum Gasteiger partial charge on any atom is 0.275 e. The molecule has 114 valence electrons. The Morgan fingerprint density at radius 3 is 2.76 bits per heavy atom. The Morgan fingerprint density at radius 1 is 1.43 bits per heavy atom. The van der Waals surface area contributed by atoms with Gasteiger partial charge in [-0.3, -0.25) is 4.79 Å². The predicted molar refractivity (Wildman–Crippen MR) is 86.4 cm³/mol. The van der Waals surface area contributed by atoms with E-state index in [1.54, 1.807) is 0 Å². The molecular formula is C14H21BN2O3S. The lowest BCUT2D eigenvalue weighted by Gasteiger charge is -2.33. The van der Waals surface area contributed by atoms with Gasteiger partial charge in [0, 0.05) is 25.2 Å². The molecule has 7 heteroatoms. The fourth-order valence-corrected chi connectivity index (χ4v) is 3.08. The molecular weight excluding hydrogens is 287 g/mol. The molecule has 21 heavy (non-hydrogen) atoms. The van der Waals surface area contributed by atoms with Gasteiger partial charge in [0.1, 0.15) is 0 Å². The van der Waals surface area contributed by atoms with Crippen molar-refractivity contribution < 1.29 is 13.2 Å². The molecule has 0 fully saturated rings. The molecule has 0 saturated heterocycles. The summed E-state index contributed by atoms with van der Waals surface area (Å²) in [6, 6.07) is 5.82. The van der Waals surface area contributed by atoms with Crippen LogP contribution in [0.25, 0.3) is 0 Å². The molecule has 0 aromatic heterocycles. The summed E-state index contributed by atoms with van der Waals surface area (Å²) >= 11 is 0. The number of hydrogen-bond donors (Lipinski definition) is 1. The number of benzene rings is 1. The molecule has 0 radical (unpaired) electrons. The Hall–Kier alpha value is -1.34. The Labute approximate surface area is 127 Å². The van der Waals surface area contributed by atoms with Crippen LogP contribution in [0.1, 0.15) is 43.7 Å². The van der Waals surface area contributed by atoms with Gasteiger partial charge in [0.2, 0.25) is 5.91 Å². The molecule has 2 rings (SSSR count). The monoisotopic (exact) mass is 308 g/mol. The van der Waals surface area contributed by atoms with Gasteiger partial charge in [0.05, 0.1) is 0 Å². The van der Waals surface area contributed by atoms with Gasteiger partial charge in [0.15, 0.2) is 9.87 Å². The van der Waals surface area contributed by atoms with E-state index in [4.69, 9.17) is 0 Å². The lowest BCUT2D eigenvalue weighted by Crippen LogP contribution is -2.36. The zero-order chi connectivity index (χ0) is 15.6. The van der Waals surface area contributed by atoms with E-state index in [1.807, 2.05) is 30.0 Å². The Bertz CT molecular complexity index is 646. The van der Waals surface area contributed by atoms with Crippen molar-refractivity contribution >= 4 is 28.6 Å². The number of anilines is 1. The number of amides is 1. The summed E-state index contributed by atoms with van der Waals surface area (Å²) in [5.74, 6) is 0.331. The van der Waals surface area contributed by atoms with Crippen LogP contribution in [0.3, 0.4) is 0 Å². The molecule has 0 spiro atoms. The minimum atomic E-state index is -3.20. The summed E-state index contributed by atoms with van der Waals surface area (Å²) in [6.07, 6.45) is 1.42. The van der Waals surface area contributed by atoms with Gasteiger partial charge < -0.3 is 4.90 Å². The summed E-state index contributed by atoms with van der Waals surface area (Å²) in [4.78, 5) is 14.0. The fourth-order valence-electron chi connectivity index (χ4n) is 2.65. The third-order valence-corrected chi connectivity index (χ3v) is 4.35. The molecule has 1 N–H and O–H groups in total. The minimum Gasteiger partial charge on any atom is -0.312 e. The molecule has 5 nitrogen and oxygen atoms in total. The van der Waals surface area contributed by atoms with E-state index in [2.05, 4.69) is 11.6 Å². The highest BCUT2D eigenvalue weighted by atomic mass is 32.2. The van der Waals surface area contributed by atoms with Gasteiger partial charge >= 0.3 is 0 Å². The smallest absolute Gasteiger partial charge is 0.275 e. The van der Waals surface area contributed by atoms with E-state index in [0.717, 1.165) is 36.9 Å². The number of rotatable bonds is 5. The van der Waals surface area contributed by atoms with Crippen molar-refractivity contribution in [2.75, 3.05) is 11.4 Å². The highest BCUT2D eigenvalue weighted by Gasteiger charge is 2.28. The fraction of sp³-hybridized carbons (Fsp3) is 0.500. The van der Waals surface area contributed by atoms with Gasteiger partial charge in [-0.1, -0.05) is 26.0 Å². The van der Waals surface area contributed by atoms with Gasteiger partial charge in [-0.25, -0.2) is 13.1 Å². The summed E-state index contributed by atoms with van der Waals surface area (Å²) in [5.41, 5.74) is 3.00. The zero-order valence-electron chi connectivity index (χ0n) is 12.7. The molecule has 0 aliphatic carbocycles. The first-order valence-electron chi connectivity index (χ1n) is 7.19. The third kappa shape index (κ3) is 3.86. The first kappa shape index (κ1) is 16.0. The molecule has 0 saturated carbocycles. The SMILES string of the molecule is BS(=O)(=O)NCc1ccc2c(c1)C(C)CC(=O)N2CCC. The number of carbonyl (C=O) groups excluding carboxylic acids is 1. The van der Waals surface area contributed by atoms with Crippen molar-refractivity contribution in [2.24, 2.45) is 0 Å². The second-order valence-electron chi connectivity index (χ2n) is 5.64. The first-order chi connectivity index (χ1) is 9.81. The second kappa shape index (κ2) is 6.19. The Kier molecular flexibility index (Phi) is 4.73. The van der Waals surface area contributed by atoms with Crippen LogP contribution >= 0.6 is 0 Å². The molecule has 1 amide bonds. The standard InChI is InChI=1S/C14H21BN2O3S/c1-3-6-17-13-5-4-11(9-16-21(15,19)20)8-12(13)10(2)7-14(17)18/h4-5,8,10,16H,3,6-7,9,15H2,1-2H3. The van der Waals surface area contributed by atoms with E-state index < -0.39 is 9.87 Å². The van der Waals surface area contributed by atoms with E-state index in [1.165, 1.54) is 0 Å². The molecule has 1 heterocycles. The third-order valence-electron chi connectivity index (χ3n) is 3.68. The van der Waals surface area contributed by atoms with E-state index in [-0.39, 0.29) is 18.4 Å². The summed E-state index contributed by atoms with van der Waals surface area (Å²) < 4.78 is 24.8. The van der Waals surface area contributed by atoms with Crippen molar-refractivity contribution in [3.8, 4) is 0 Å². The number of nitrogens with zero attached hydrogens (tertiary/aromatic N) is 1. The van der Waals surface area contributed by atoms with Gasteiger partial charge in [-0.15, -0.1) is 0 Å². The van der Waals surface area contributed by atoms with Crippen LogP contribution in [0.2, 0.25) is 0 Å². The highest BCUT2D eigenvalue weighted by molar-refractivity contribution is 8.10. The summed E-state index contributed by atoms with van der Waals surface area (Å²) in [5, 5.41) is 0. The number of carbonyl (C=O) groups is 1. The molecule has 1 aromatic carbocycles. The lowest BCUT2D eigenvalue weighted by atomic mass is 9.89. The molecule has 1 aliphatic rings. The van der Waals surface area contributed by atoms with Crippen molar-refractivity contribution in [1.82, 2.24) is 4.72 Å². The molecule has 1 atom stereocenters. The van der Waals surface area contributed by atoms with E-state index in [9.17, 15) is 13.2 Å². The topological polar surface area (TPSA) is 66.5 Å². The van der Waals surface area contributed by atoms with Crippen molar-refractivity contribution in [3.05, 3.63) is 29.3 Å². The normalized spacial score (nSPS) is 18.7. The van der Waals surface area contributed by atoms with Crippen molar-refractivity contribution in [2.45, 2.75) is 39.2 Å². The van der Waals surface area contributed by atoms with Crippen LogP contribution in [0.4, 0.5) is 5.69 Å². The first-order valence-corrected chi connectivity index (χ1v) is 9.08. The summed E-state index contributed by atoms with van der Waals surface area (Å²) in [6.45, 7) is 5.09. The minimum absolute atomic E-state index is 0.166. The summed E-state index contributed by atoms with van der Waals surface area (Å²) in [7, 11) is -2.05. The van der Waals surface area contributed by atoms with Crippen LogP contribution in [0.5, 0.6) is 0 Å². The van der Waals surface area contributed by atoms with Crippen molar-refractivity contribution in [3.63, 3.8) is 0 Å². The molecule has 0 bridgehead atoms. The van der Waals surface area contributed by atoms with E-state index >= 15 is 0 Å². The van der Waals surface area contributed by atoms with Gasteiger partial charge in [-0.2, -0.15) is 0 Å². The Morgan fingerprint density at radius 2 is 2.14 bits per heavy atom. The number of nitrogens with one attached hydrogen (secondary N) is 1. The number of fused-ring (bicyclic) bond motifs is 1. The molecule has 1 aliphatic heterocycles. The molecule has 1 unspecified atom stereocenters. The quantitative estimate of drug-likeness (QED) is 0.822. The van der Waals surface area contributed by atoms with Gasteiger partial charge in [-0.05, 0) is 29.5 Å². The largest absolute Gasteiger partial charge is 0.312 e. The number of hydrogen-bond acceptors (Lipinski definition) is 3. The van der Waals surface area contributed by atoms with Gasteiger partial charge in [0.25, 0.3) is 7.12 Å². The maximum atomic E-state index is 12.1. The highest BCUT2D eigenvalue weighted by Crippen LogP contribution is 2.36. The predicted octanol–water partition coefficient (Wildman–Crippen LogP) is 0.904. The zero-order valence-corrected chi connectivity index (χ0v) is 13.5. The second-order valence-corrected chi connectivity index (χ2v) is 7.47. The van der Waals surface area contributed by atoms with Crippen LogP contribution in [-0.4, -0.2) is 28.0 Å². The van der Waals surface area contributed by atoms with E-state index in [0.29, 0.717) is 6.42 Å². The maximum absolute atomic E-state index is 12.1. The molecule has 1 aromatic rings. The van der Waals surface area contributed by atoms with Crippen LogP contribution in [-0.2, 0) is 21.2 Å². The van der Waals surface area contributed by atoms with Crippen molar-refractivity contribution in [1.29, 1.82) is 0 Å². The lowest BCUT2D eigenvalue weighted by molar-refractivity contribution is -0.119. The Balaban J connectivity index is 2.29. The van der Waals surface area contributed by atoms with Crippen LogP contribution < -0.4 is 9.62 Å². The van der Waals surface area contributed by atoms with Crippen LogP contribution in [0.15, 0.2) is 18.2 Å². The average molecular weight is 308 g/mol. The van der Waals surface area contributed by atoms with Crippen LogP contribution in [0, 0.1) is 0 Å².